The molecule has 11 heteroatoms. The SMILES string of the molecule is Cc1c(-c2ccc(C(N)=O)c3[nH]c4c(c23)CCC(C(=O)N(C)C2CCN(C)CC2)C4)cccc1N1Cc2ccc(C(F)(F)F)cc2C1=O. The molecule has 250 valence electrons. The number of aryl methyl sites for hydroxylation is 1. The lowest BCUT2D eigenvalue weighted by Crippen LogP contribution is -2.47. The highest BCUT2D eigenvalue weighted by atomic mass is 19.4. The van der Waals surface area contributed by atoms with Gasteiger partial charge in [0.05, 0.1) is 23.2 Å². The summed E-state index contributed by atoms with van der Waals surface area (Å²) in [6, 6.07) is 12.7. The van der Waals surface area contributed by atoms with E-state index in [2.05, 4.69) is 16.9 Å². The number of aromatic nitrogens is 1. The topological polar surface area (TPSA) is 103 Å². The number of nitrogens with two attached hydrogens (primary N) is 1. The van der Waals surface area contributed by atoms with E-state index in [4.69, 9.17) is 5.73 Å². The van der Waals surface area contributed by atoms with Crippen molar-refractivity contribution >= 4 is 34.3 Å². The molecule has 1 atom stereocenters. The van der Waals surface area contributed by atoms with Gasteiger partial charge in [-0.05, 0) is 111 Å². The van der Waals surface area contributed by atoms with Crippen molar-refractivity contribution in [2.24, 2.45) is 11.7 Å². The number of nitrogens with one attached hydrogen (secondary N) is 1. The van der Waals surface area contributed by atoms with Gasteiger partial charge in [0.15, 0.2) is 0 Å². The van der Waals surface area contributed by atoms with Crippen molar-refractivity contribution < 1.29 is 27.6 Å². The number of likely N-dealkylation sites (tertiary alicyclic amines) is 1. The van der Waals surface area contributed by atoms with Crippen LogP contribution in [0.15, 0.2) is 48.5 Å². The van der Waals surface area contributed by atoms with Crippen molar-refractivity contribution in [3.05, 3.63) is 87.6 Å². The first-order valence-corrected chi connectivity index (χ1v) is 16.4. The molecule has 8 nitrogen and oxygen atoms in total. The molecule has 1 unspecified atom stereocenters. The lowest BCUT2D eigenvalue weighted by atomic mass is 9.83. The number of hydrogen-bond acceptors (Lipinski definition) is 4. The molecule has 1 aliphatic carbocycles. The molecular weight excluding hydrogens is 619 g/mol. The van der Waals surface area contributed by atoms with Crippen LogP contribution in [-0.2, 0) is 30.4 Å². The zero-order valence-electron chi connectivity index (χ0n) is 27.2. The Bertz CT molecular complexity index is 1970. The molecule has 1 saturated heterocycles. The second kappa shape index (κ2) is 11.8. The van der Waals surface area contributed by atoms with Crippen molar-refractivity contribution in [2.45, 2.75) is 57.8 Å². The number of aromatic amines is 1. The summed E-state index contributed by atoms with van der Waals surface area (Å²) in [7, 11) is 4.01. The quantitative estimate of drug-likeness (QED) is 0.272. The molecule has 0 bridgehead atoms. The van der Waals surface area contributed by atoms with Gasteiger partial charge in [-0.3, -0.25) is 14.4 Å². The molecule has 7 rings (SSSR count). The van der Waals surface area contributed by atoms with Crippen molar-refractivity contribution in [1.82, 2.24) is 14.8 Å². The van der Waals surface area contributed by atoms with Crippen molar-refractivity contribution in [2.75, 3.05) is 32.1 Å². The van der Waals surface area contributed by atoms with Crippen LogP contribution in [0.25, 0.3) is 22.0 Å². The smallest absolute Gasteiger partial charge is 0.366 e. The van der Waals surface area contributed by atoms with E-state index in [1.165, 1.54) is 11.0 Å². The van der Waals surface area contributed by atoms with Crippen LogP contribution in [0.3, 0.4) is 0 Å². The third-order valence-corrected chi connectivity index (χ3v) is 10.7. The highest BCUT2D eigenvalue weighted by molar-refractivity contribution is 6.13. The maximum Gasteiger partial charge on any atom is 0.416 e. The highest BCUT2D eigenvalue weighted by Gasteiger charge is 2.37. The number of hydrogen-bond donors (Lipinski definition) is 2. The summed E-state index contributed by atoms with van der Waals surface area (Å²) < 4.78 is 40.2. The van der Waals surface area contributed by atoms with E-state index in [-0.39, 0.29) is 30.0 Å². The number of anilines is 1. The van der Waals surface area contributed by atoms with Crippen LogP contribution in [0.2, 0.25) is 0 Å². The van der Waals surface area contributed by atoms with Crippen LogP contribution >= 0.6 is 0 Å². The number of H-pyrrole nitrogens is 1. The van der Waals surface area contributed by atoms with Crippen LogP contribution in [-0.4, -0.2) is 65.7 Å². The van der Waals surface area contributed by atoms with E-state index in [9.17, 15) is 27.6 Å². The number of piperidine rings is 1. The molecule has 3 aromatic carbocycles. The molecule has 0 spiro atoms. The van der Waals surface area contributed by atoms with Crippen LogP contribution in [0.4, 0.5) is 18.9 Å². The van der Waals surface area contributed by atoms with Gasteiger partial charge in [-0.1, -0.05) is 24.3 Å². The van der Waals surface area contributed by atoms with Gasteiger partial charge in [-0.15, -0.1) is 0 Å². The molecule has 48 heavy (non-hydrogen) atoms. The molecule has 2 aliphatic heterocycles. The Balaban J connectivity index is 1.24. The molecule has 1 aromatic heterocycles. The summed E-state index contributed by atoms with van der Waals surface area (Å²) in [5.41, 5.74) is 11.6. The second-order valence-electron chi connectivity index (χ2n) is 13.5. The van der Waals surface area contributed by atoms with Gasteiger partial charge in [0, 0.05) is 41.3 Å². The number of alkyl halides is 3. The van der Waals surface area contributed by atoms with Crippen molar-refractivity contribution in [3.8, 4) is 11.1 Å². The summed E-state index contributed by atoms with van der Waals surface area (Å²) >= 11 is 0. The fourth-order valence-electron chi connectivity index (χ4n) is 7.91. The number of rotatable bonds is 5. The third kappa shape index (κ3) is 5.34. The lowest BCUT2D eigenvalue weighted by Gasteiger charge is -2.37. The van der Waals surface area contributed by atoms with Crippen LogP contribution in [0.5, 0.6) is 0 Å². The Morgan fingerprint density at radius 2 is 1.75 bits per heavy atom. The van der Waals surface area contributed by atoms with Gasteiger partial charge in [0.2, 0.25) is 5.91 Å². The number of carbonyl (C=O) groups excluding carboxylic acids is 3. The average molecular weight is 658 g/mol. The number of fused-ring (bicyclic) bond motifs is 4. The Morgan fingerprint density at radius 3 is 2.46 bits per heavy atom. The largest absolute Gasteiger partial charge is 0.416 e. The summed E-state index contributed by atoms with van der Waals surface area (Å²) in [4.78, 5) is 49.0. The number of amides is 3. The Hall–Kier alpha value is -4.64. The summed E-state index contributed by atoms with van der Waals surface area (Å²) in [5.74, 6) is -1.08. The first-order chi connectivity index (χ1) is 22.8. The fraction of sp³-hybridized carbons (Fsp3) is 0.378. The summed E-state index contributed by atoms with van der Waals surface area (Å²) in [6.07, 6.45) is -0.797. The minimum atomic E-state index is -4.55. The molecule has 3 aliphatic rings. The van der Waals surface area contributed by atoms with Crippen LogP contribution in [0, 0.1) is 12.8 Å². The van der Waals surface area contributed by atoms with E-state index in [1.807, 2.05) is 37.1 Å². The monoisotopic (exact) mass is 657 g/mol. The lowest BCUT2D eigenvalue weighted by molar-refractivity contribution is -0.138. The van der Waals surface area contributed by atoms with Gasteiger partial charge in [-0.25, -0.2) is 0 Å². The minimum absolute atomic E-state index is 0.0492. The van der Waals surface area contributed by atoms with E-state index in [0.717, 1.165) is 71.4 Å². The molecule has 0 saturated carbocycles. The summed E-state index contributed by atoms with van der Waals surface area (Å²) in [5, 5.41) is 0.863. The average Bonchev–Trinajstić information content (AvgIpc) is 3.60. The predicted octanol–water partition coefficient (Wildman–Crippen LogP) is 6.08. The molecular formula is C37H38F3N5O3. The van der Waals surface area contributed by atoms with E-state index in [1.54, 1.807) is 12.1 Å². The van der Waals surface area contributed by atoms with E-state index >= 15 is 0 Å². The fourth-order valence-corrected chi connectivity index (χ4v) is 7.91. The number of primary amides is 1. The van der Waals surface area contributed by atoms with E-state index in [0.29, 0.717) is 41.6 Å². The van der Waals surface area contributed by atoms with Crippen molar-refractivity contribution in [3.63, 3.8) is 0 Å². The van der Waals surface area contributed by atoms with Gasteiger partial charge < -0.3 is 25.4 Å². The Morgan fingerprint density at radius 1 is 1.00 bits per heavy atom. The van der Waals surface area contributed by atoms with Crippen LogP contribution < -0.4 is 10.6 Å². The minimum Gasteiger partial charge on any atom is -0.366 e. The van der Waals surface area contributed by atoms with Gasteiger partial charge >= 0.3 is 6.18 Å². The molecule has 3 amide bonds. The molecule has 4 aromatic rings. The number of carbonyl (C=O) groups is 3. The molecule has 3 heterocycles. The van der Waals surface area contributed by atoms with Crippen LogP contribution in [0.1, 0.15) is 67.9 Å². The number of nitrogens with zero attached hydrogens (tertiary/aromatic N) is 3. The van der Waals surface area contributed by atoms with Gasteiger partial charge in [0.25, 0.3) is 11.8 Å². The summed E-state index contributed by atoms with van der Waals surface area (Å²) in [6.45, 7) is 3.99. The molecule has 3 N–H and O–H groups in total. The molecule has 0 radical (unpaired) electrons. The zero-order valence-corrected chi connectivity index (χ0v) is 27.2. The predicted molar refractivity (Wildman–Crippen MR) is 178 cm³/mol. The molecule has 1 fully saturated rings. The highest BCUT2D eigenvalue weighted by Crippen LogP contribution is 2.43. The Labute approximate surface area is 276 Å². The van der Waals surface area contributed by atoms with Crippen molar-refractivity contribution in [1.29, 1.82) is 0 Å². The van der Waals surface area contributed by atoms with E-state index < -0.39 is 23.6 Å². The zero-order chi connectivity index (χ0) is 34.1. The number of halogens is 3. The normalized spacial score (nSPS) is 18.7. The first kappa shape index (κ1) is 31.9. The second-order valence-corrected chi connectivity index (χ2v) is 13.5. The van der Waals surface area contributed by atoms with Gasteiger partial charge in [-0.2, -0.15) is 13.2 Å². The maximum absolute atomic E-state index is 13.7. The maximum atomic E-state index is 13.7. The number of benzene rings is 3. The Kier molecular flexibility index (Phi) is 7.85. The standard InChI is InChI=1S/C37H38F3N5O3/c1-20-25(5-4-6-31(20)45-19-22-7-9-23(37(38,39)40)18-29(22)36(45)48)26-11-12-28(34(41)46)33-32(26)27-10-8-21(17-30(27)42-33)35(47)44(3)24-13-15-43(2)16-14-24/h4-7,9,11-12,18,21,24,42H,8,10,13-17,19H2,1-3H3,(H2,41,46). The first-order valence-electron chi connectivity index (χ1n) is 16.4. The van der Waals surface area contributed by atoms with Gasteiger partial charge in [0.1, 0.15) is 0 Å². The third-order valence-electron chi connectivity index (χ3n) is 10.7.